The summed E-state index contributed by atoms with van der Waals surface area (Å²) in [5, 5.41) is 7.83. The SMILES string of the molecule is COCCCNC(=O)NCCNC(=O)OC(C)(C)C. The van der Waals surface area contributed by atoms with Gasteiger partial charge in [0, 0.05) is 33.4 Å². The molecule has 0 aliphatic rings. The third kappa shape index (κ3) is 12.7. The lowest BCUT2D eigenvalue weighted by Crippen LogP contribution is -2.41. The lowest BCUT2D eigenvalue weighted by atomic mass is 10.2. The molecule has 0 fully saturated rings. The zero-order chi connectivity index (χ0) is 14.7. The van der Waals surface area contributed by atoms with Crippen molar-refractivity contribution in [1.29, 1.82) is 0 Å². The molecule has 0 aromatic rings. The van der Waals surface area contributed by atoms with Gasteiger partial charge in [0.25, 0.3) is 0 Å². The predicted octanol–water partition coefficient (Wildman–Crippen LogP) is 0.847. The molecule has 3 N–H and O–H groups in total. The third-order valence-electron chi connectivity index (χ3n) is 1.89. The molecule has 0 aliphatic carbocycles. The van der Waals surface area contributed by atoms with E-state index in [9.17, 15) is 9.59 Å². The molecule has 7 nitrogen and oxygen atoms in total. The molecular formula is C12H25N3O4. The highest BCUT2D eigenvalue weighted by atomic mass is 16.6. The smallest absolute Gasteiger partial charge is 0.407 e. The number of hydrogen-bond acceptors (Lipinski definition) is 4. The number of carbonyl (C=O) groups is 2. The van der Waals surface area contributed by atoms with Crippen LogP contribution >= 0.6 is 0 Å². The number of methoxy groups -OCH3 is 1. The second-order valence-electron chi connectivity index (χ2n) is 4.96. The Balaban J connectivity index is 3.48. The first-order valence-corrected chi connectivity index (χ1v) is 6.32. The number of ether oxygens (including phenoxy) is 2. The van der Waals surface area contributed by atoms with Gasteiger partial charge in [0.2, 0.25) is 0 Å². The van der Waals surface area contributed by atoms with Crippen LogP contribution in [0.25, 0.3) is 0 Å². The molecule has 0 rings (SSSR count). The van der Waals surface area contributed by atoms with Crippen LogP contribution in [0.5, 0.6) is 0 Å². The van der Waals surface area contributed by atoms with Gasteiger partial charge in [-0.15, -0.1) is 0 Å². The second kappa shape index (κ2) is 9.43. The van der Waals surface area contributed by atoms with Crippen molar-refractivity contribution in [2.24, 2.45) is 0 Å². The molecule has 0 heterocycles. The summed E-state index contributed by atoms with van der Waals surface area (Å²) in [6, 6.07) is -0.262. The zero-order valence-electron chi connectivity index (χ0n) is 12.2. The van der Waals surface area contributed by atoms with Gasteiger partial charge in [0.05, 0.1) is 0 Å². The van der Waals surface area contributed by atoms with Gasteiger partial charge < -0.3 is 25.4 Å². The number of hydrogen-bond donors (Lipinski definition) is 3. The van der Waals surface area contributed by atoms with Gasteiger partial charge in [-0.2, -0.15) is 0 Å². The zero-order valence-corrected chi connectivity index (χ0v) is 12.2. The summed E-state index contributed by atoms with van der Waals surface area (Å²) in [4.78, 5) is 22.5. The number of nitrogens with one attached hydrogen (secondary N) is 3. The molecule has 0 spiro atoms. The van der Waals surface area contributed by atoms with E-state index in [1.165, 1.54) is 0 Å². The van der Waals surface area contributed by atoms with Crippen LogP contribution in [-0.2, 0) is 9.47 Å². The molecule has 0 aromatic carbocycles. The first-order valence-electron chi connectivity index (χ1n) is 6.32. The van der Waals surface area contributed by atoms with Crippen LogP contribution in [-0.4, -0.2) is 51.1 Å². The average molecular weight is 275 g/mol. The molecule has 0 bridgehead atoms. The number of amides is 3. The molecule has 0 atom stereocenters. The molecule has 0 saturated carbocycles. The molecule has 0 radical (unpaired) electrons. The summed E-state index contributed by atoms with van der Waals surface area (Å²) in [6.07, 6.45) is 0.273. The topological polar surface area (TPSA) is 88.7 Å². The fourth-order valence-corrected chi connectivity index (χ4v) is 1.14. The van der Waals surface area contributed by atoms with Crippen molar-refractivity contribution in [3.05, 3.63) is 0 Å². The lowest BCUT2D eigenvalue weighted by Gasteiger charge is -2.19. The molecule has 0 aromatic heterocycles. The summed E-state index contributed by atoms with van der Waals surface area (Å²) < 4.78 is 9.90. The van der Waals surface area contributed by atoms with E-state index in [-0.39, 0.29) is 6.03 Å². The van der Waals surface area contributed by atoms with Crippen LogP contribution < -0.4 is 16.0 Å². The van der Waals surface area contributed by atoms with Crippen molar-refractivity contribution in [2.45, 2.75) is 32.8 Å². The number of carbonyl (C=O) groups excluding carboxylic acids is 2. The molecule has 112 valence electrons. The van der Waals surface area contributed by atoms with Crippen molar-refractivity contribution < 1.29 is 19.1 Å². The van der Waals surface area contributed by atoms with E-state index < -0.39 is 11.7 Å². The molecule has 19 heavy (non-hydrogen) atoms. The van der Waals surface area contributed by atoms with Crippen LogP contribution in [0.2, 0.25) is 0 Å². The largest absolute Gasteiger partial charge is 0.444 e. The summed E-state index contributed by atoms with van der Waals surface area (Å²) in [7, 11) is 1.61. The van der Waals surface area contributed by atoms with E-state index >= 15 is 0 Å². The van der Waals surface area contributed by atoms with Crippen molar-refractivity contribution in [3.8, 4) is 0 Å². The summed E-state index contributed by atoms with van der Waals surface area (Å²) in [5.41, 5.74) is -0.518. The van der Waals surface area contributed by atoms with Gasteiger partial charge in [-0.25, -0.2) is 9.59 Å². The Hall–Kier alpha value is -1.50. The molecule has 3 amide bonds. The van der Waals surface area contributed by atoms with Gasteiger partial charge >= 0.3 is 12.1 Å². The van der Waals surface area contributed by atoms with E-state index in [4.69, 9.17) is 9.47 Å². The monoisotopic (exact) mass is 275 g/mol. The summed E-state index contributed by atoms with van der Waals surface area (Å²) in [6.45, 7) is 7.20. The number of alkyl carbamates (subject to hydrolysis) is 1. The predicted molar refractivity (Wildman–Crippen MR) is 72.1 cm³/mol. The highest BCUT2D eigenvalue weighted by molar-refractivity contribution is 5.73. The quantitative estimate of drug-likeness (QED) is 0.601. The van der Waals surface area contributed by atoms with Crippen LogP contribution in [0.4, 0.5) is 9.59 Å². The fraction of sp³-hybridized carbons (Fsp3) is 0.833. The Bertz CT molecular complexity index is 277. The lowest BCUT2D eigenvalue weighted by molar-refractivity contribution is 0.0528. The maximum atomic E-state index is 11.3. The first kappa shape index (κ1) is 17.5. The maximum absolute atomic E-state index is 11.3. The van der Waals surface area contributed by atoms with Crippen LogP contribution in [0, 0.1) is 0 Å². The highest BCUT2D eigenvalue weighted by Crippen LogP contribution is 2.05. The average Bonchev–Trinajstić information content (AvgIpc) is 2.28. The van der Waals surface area contributed by atoms with Gasteiger partial charge in [-0.05, 0) is 27.2 Å². The summed E-state index contributed by atoms with van der Waals surface area (Å²) in [5.74, 6) is 0. The molecule has 7 heteroatoms. The van der Waals surface area contributed by atoms with Gasteiger partial charge in [-0.1, -0.05) is 0 Å². The van der Waals surface area contributed by atoms with Gasteiger partial charge in [0.15, 0.2) is 0 Å². The first-order chi connectivity index (χ1) is 8.85. The minimum atomic E-state index is -0.518. The van der Waals surface area contributed by atoms with Gasteiger partial charge in [-0.3, -0.25) is 0 Å². The molecule has 0 aliphatic heterocycles. The minimum absolute atomic E-state index is 0.262. The molecule has 0 saturated heterocycles. The number of rotatable bonds is 7. The highest BCUT2D eigenvalue weighted by Gasteiger charge is 2.15. The Kier molecular flexibility index (Phi) is 8.69. The molecular weight excluding hydrogens is 250 g/mol. The standard InChI is InChI=1S/C12H25N3O4/c1-12(2,3)19-11(17)15-8-7-14-10(16)13-6-5-9-18-4/h5-9H2,1-4H3,(H,15,17)(H2,13,14,16). The van der Waals surface area contributed by atoms with Crippen molar-refractivity contribution >= 4 is 12.1 Å². The van der Waals surface area contributed by atoms with Crippen molar-refractivity contribution in [1.82, 2.24) is 16.0 Å². The van der Waals surface area contributed by atoms with Crippen molar-refractivity contribution in [2.75, 3.05) is 33.4 Å². The van der Waals surface area contributed by atoms with E-state index in [0.29, 0.717) is 26.2 Å². The Morgan fingerprint density at radius 3 is 2.16 bits per heavy atom. The normalized spacial score (nSPS) is 10.7. The molecule has 0 unspecified atom stereocenters. The van der Waals surface area contributed by atoms with E-state index in [2.05, 4.69) is 16.0 Å². The van der Waals surface area contributed by atoms with E-state index in [1.807, 2.05) is 0 Å². The summed E-state index contributed by atoms with van der Waals surface area (Å²) >= 11 is 0. The Morgan fingerprint density at radius 1 is 1.00 bits per heavy atom. The maximum Gasteiger partial charge on any atom is 0.407 e. The fourth-order valence-electron chi connectivity index (χ4n) is 1.14. The van der Waals surface area contributed by atoms with E-state index in [1.54, 1.807) is 27.9 Å². The van der Waals surface area contributed by atoms with Crippen LogP contribution in [0.1, 0.15) is 27.2 Å². The Labute approximate surface area is 114 Å². The van der Waals surface area contributed by atoms with Gasteiger partial charge in [0.1, 0.15) is 5.60 Å². The second-order valence-corrected chi connectivity index (χ2v) is 4.96. The van der Waals surface area contributed by atoms with Crippen molar-refractivity contribution in [3.63, 3.8) is 0 Å². The van der Waals surface area contributed by atoms with Crippen LogP contribution in [0.15, 0.2) is 0 Å². The van der Waals surface area contributed by atoms with E-state index in [0.717, 1.165) is 6.42 Å². The minimum Gasteiger partial charge on any atom is -0.444 e. The third-order valence-corrected chi connectivity index (χ3v) is 1.89. The van der Waals surface area contributed by atoms with Crippen LogP contribution in [0.3, 0.4) is 0 Å². The number of urea groups is 1. The Morgan fingerprint density at radius 2 is 1.58 bits per heavy atom.